The summed E-state index contributed by atoms with van der Waals surface area (Å²) >= 11 is 2.14. The number of nitrogens with zero attached hydrogens (tertiary/aromatic N) is 1. The quantitative estimate of drug-likeness (QED) is 0.553. The van der Waals surface area contributed by atoms with E-state index in [1.807, 2.05) is 0 Å². The zero-order valence-electron chi connectivity index (χ0n) is 10.2. The van der Waals surface area contributed by atoms with E-state index in [4.69, 9.17) is 0 Å². The molecule has 98 valence electrons. The maximum absolute atomic E-state index is 12.0. The van der Waals surface area contributed by atoms with Crippen molar-refractivity contribution in [3.8, 4) is 0 Å². The minimum Gasteiger partial charge on any atom is -0.314 e. The number of carbonyl (C=O) groups is 1. The molecule has 0 aromatic heterocycles. The van der Waals surface area contributed by atoms with Gasteiger partial charge in [0.25, 0.3) is 0 Å². The summed E-state index contributed by atoms with van der Waals surface area (Å²) < 4.78 is 23.0. The second-order valence-corrected chi connectivity index (χ2v) is 7.99. The van der Waals surface area contributed by atoms with E-state index in [0.717, 1.165) is 24.1 Å². The zero-order valence-corrected chi connectivity index (χ0v) is 13.2. The van der Waals surface area contributed by atoms with Crippen LogP contribution in [0.3, 0.4) is 0 Å². The summed E-state index contributed by atoms with van der Waals surface area (Å²) in [5, 5.41) is 0. The Labute approximate surface area is 120 Å². The lowest BCUT2D eigenvalue weighted by atomic mass is 10.1. The maximum atomic E-state index is 12.0. The molecule has 0 N–H and O–H groups in total. The van der Waals surface area contributed by atoms with E-state index >= 15 is 0 Å². The molecule has 0 fully saturated rings. The fourth-order valence-corrected chi connectivity index (χ4v) is 3.46. The first-order valence-electron chi connectivity index (χ1n) is 5.55. The Hall–Kier alpha value is -0.630. The average molecular weight is 379 g/mol. The number of fused-ring (bicyclic) bond motifs is 1. The van der Waals surface area contributed by atoms with Gasteiger partial charge in [0, 0.05) is 19.0 Å². The molecule has 1 unspecified atom stereocenters. The molecule has 18 heavy (non-hydrogen) atoms. The molecule has 1 aromatic carbocycles. The molecule has 0 saturated carbocycles. The van der Waals surface area contributed by atoms with Crippen molar-refractivity contribution in [3.63, 3.8) is 0 Å². The molecular weight excluding hydrogens is 365 g/mol. The fourth-order valence-electron chi connectivity index (χ4n) is 2.05. The Balaban J connectivity index is 2.53. The van der Waals surface area contributed by atoms with Gasteiger partial charge in [-0.05, 0) is 36.6 Å². The van der Waals surface area contributed by atoms with Crippen molar-refractivity contribution in [3.05, 3.63) is 23.8 Å². The number of carbonyl (C=O) groups excluding carboxylic acids is 1. The highest BCUT2D eigenvalue weighted by Crippen LogP contribution is 2.30. The van der Waals surface area contributed by atoms with E-state index in [-0.39, 0.29) is 9.83 Å². The van der Waals surface area contributed by atoms with Gasteiger partial charge >= 0.3 is 0 Å². The molecule has 0 saturated heterocycles. The number of sulfone groups is 1. The lowest BCUT2D eigenvalue weighted by Gasteiger charge is -2.19. The van der Waals surface area contributed by atoms with Gasteiger partial charge in [-0.1, -0.05) is 22.6 Å². The fraction of sp³-hybridized carbons (Fsp3) is 0.417. The van der Waals surface area contributed by atoms with Crippen LogP contribution in [-0.2, 0) is 21.1 Å². The summed E-state index contributed by atoms with van der Waals surface area (Å²) in [5.41, 5.74) is 1.74. The van der Waals surface area contributed by atoms with Crippen LogP contribution in [0.15, 0.2) is 23.1 Å². The van der Waals surface area contributed by atoms with Crippen molar-refractivity contribution in [2.75, 3.05) is 18.2 Å². The van der Waals surface area contributed by atoms with E-state index < -0.39 is 9.84 Å². The van der Waals surface area contributed by atoms with Crippen molar-refractivity contribution in [1.82, 2.24) is 0 Å². The summed E-state index contributed by atoms with van der Waals surface area (Å²) in [4.78, 5) is 13.9. The molecule has 1 aromatic rings. The highest BCUT2D eigenvalue weighted by atomic mass is 127. The van der Waals surface area contributed by atoms with E-state index in [1.165, 1.54) is 6.26 Å². The number of rotatable bonds is 1. The van der Waals surface area contributed by atoms with Gasteiger partial charge in [-0.15, -0.1) is 0 Å². The van der Waals surface area contributed by atoms with Crippen LogP contribution in [0.25, 0.3) is 0 Å². The maximum Gasteiger partial charge on any atom is 0.239 e. The molecule has 0 spiro atoms. The van der Waals surface area contributed by atoms with Gasteiger partial charge in [-0.2, -0.15) is 0 Å². The van der Waals surface area contributed by atoms with Gasteiger partial charge < -0.3 is 4.90 Å². The van der Waals surface area contributed by atoms with E-state index in [9.17, 15) is 13.2 Å². The van der Waals surface area contributed by atoms with Gasteiger partial charge in [0.1, 0.15) is 0 Å². The number of hydrogen-bond donors (Lipinski definition) is 0. The minimum atomic E-state index is -3.20. The number of halogens is 1. The van der Waals surface area contributed by atoms with Crippen LogP contribution in [0.2, 0.25) is 0 Å². The standard InChI is InChI=1S/C12H14INO3S/c1-14-11-6-4-9(18(2,16)17)7-8(11)3-5-10(13)12(14)15/h4,6-7,10H,3,5H2,1-2H3. The third kappa shape index (κ3) is 2.54. The normalized spacial score (nSPS) is 20.5. The van der Waals surface area contributed by atoms with Crippen LogP contribution in [-0.4, -0.2) is 31.6 Å². The Morgan fingerprint density at radius 3 is 2.67 bits per heavy atom. The van der Waals surface area contributed by atoms with Gasteiger partial charge in [0.05, 0.1) is 8.82 Å². The zero-order chi connectivity index (χ0) is 13.5. The van der Waals surface area contributed by atoms with Gasteiger partial charge in [0.15, 0.2) is 9.84 Å². The molecule has 0 aliphatic carbocycles. The van der Waals surface area contributed by atoms with E-state index in [0.29, 0.717) is 4.90 Å². The third-order valence-electron chi connectivity index (χ3n) is 3.11. The first-order chi connectivity index (χ1) is 8.30. The lowest BCUT2D eigenvalue weighted by Crippen LogP contribution is -2.31. The number of aryl methyl sites for hydroxylation is 1. The summed E-state index contributed by atoms with van der Waals surface area (Å²) in [6.45, 7) is 0. The largest absolute Gasteiger partial charge is 0.314 e. The van der Waals surface area contributed by atoms with Crippen molar-refractivity contribution in [2.45, 2.75) is 21.7 Å². The lowest BCUT2D eigenvalue weighted by molar-refractivity contribution is -0.117. The Morgan fingerprint density at radius 1 is 1.39 bits per heavy atom. The number of hydrogen-bond acceptors (Lipinski definition) is 3. The molecule has 1 aliphatic rings. The molecule has 2 rings (SSSR count). The van der Waals surface area contributed by atoms with Crippen LogP contribution >= 0.6 is 22.6 Å². The summed E-state index contributed by atoms with van der Waals surface area (Å²) in [6, 6.07) is 4.97. The monoisotopic (exact) mass is 379 g/mol. The molecule has 1 amide bonds. The van der Waals surface area contributed by atoms with Gasteiger partial charge in [-0.25, -0.2) is 8.42 Å². The molecule has 6 heteroatoms. The van der Waals surface area contributed by atoms with Crippen LogP contribution < -0.4 is 4.90 Å². The van der Waals surface area contributed by atoms with Crippen LogP contribution in [0.5, 0.6) is 0 Å². The number of anilines is 1. The van der Waals surface area contributed by atoms with Crippen molar-refractivity contribution >= 4 is 44.0 Å². The minimum absolute atomic E-state index is 0.0540. The van der Waals surface area contributed by atoms with Gasteiger partial charge in [0.2, 0.25) is 5.91 Å². The number of alkyl halides is 1. The van der Waals surface area contributed by atoms with Crippen molar-refractivity contribution in [2.24, 2.45) is 0 Å². The topological polar surface area (TPSA) is 54.5 Å². The predicted octanol–water partition coefficient (Wildman–Crippen LogP) is 1.80. The highest BCUT2D eigenvalue weighted by molar-refractivity contribution is 14.1. The Bertz CT molecular complexity index is 597. The van der Waals surface area contributed by atoms with Crippen LogP contribution in [0, 0.1) is 0 Å². The van der Waals surface area contributed by atoms with Gasteiger partial charge in [-0.3, -0.25) is 4.79 Å². The first kappa shape index (κ1) is 13.8. The first-order valence-corrected chi connectivity index (χ1v) is 8.69. The summed E-state index contributed by atoms with van der Waals surface area (Å²) in [6.07, 6.45) is 2.66. The SMILES string of the molecule is CN1C(=O)C(I)CCc2cc(S(C)(=O)=O)ccc21. The molecule has 1 atom stereocenters. The highest BCUT2D eigenvalue weighted by Gasteiger charge is 2.26. The molecule has 4 nitrogen and oxygen atoms in total. The van der Waals surface area contributed by atoms with Crippen LogP contribution in [0.4, 0.5) is 5.69 Å². The summed E-state index contributed by atoms with van der Waals surface area (Å²) in [5.74, 6) is 0.0708. The number of amides is 1. The molecule has 1 heterocycles. The second kappa shape index (κ2) is 4.80. The van der Waals surface area contributed by atoms with Crippen LogP contribution in [0.1, 0.15) is 12.0 Å². The smallest absolute Gasteiger partial charge is 0.239 e. The van der Waals surface area contributed by atoms with Crippen molar-refractivity contribution < 1.29 is 13.2 Å². The molecule has 0 bridgehead atoms. The molecule has 1 aliphatic heterocycles. The predicted molar refractivity (Wildman–Crippen MR) is 79.1 cm³/mol. The Morgan fingerprint density at radius 2 is 2.06 bits per heavy atom. The van der Waals surface area contributed by atoms with E-state index in [1.54, 1.807) is 30.1 Å². The van der Waals surface area contributed by atoms with E-state index in [2.05, 4.69) is 22.6 Å². The Kier molecular flexibility index (Phi) is 3.68. The molecule has 0 radical (unpaired) electrons. The van der Waals surface area contributed by atoms with Crippen molar-refractivity contribution in [1.29, 1.82) is 0 Å². The average Bonchev–Trinajstić information content (AvgIpc) is 2.41. The molecular formula is C12H14INO3S. The second-order valence-electron chi connectivity index (χ2n) is 4.47. The summed E-state index contributed by atoms with van der Waals surface area (Å²) in [7, 11) is -1.46. The third-order valence-corrected chi connectivity index (χ3v) is 5.37. The number of benzene rings is 1.